The van der Waals surface area contributed by atoms with E-state index in [0.717, 1.165) is 48.6 Å². The molecule has 2 N–H and O–H groups in total. The van der Waals surface area contributed by atoms with E-state index in [1.165, 1.54) is 24.1 Å². The van der Waals surface area contributed by atoms with Crippen molar-refractivity contribution in [1.29, 1.82) is 0 Å². The molecule has 0 aliphatic carbocycles. The minimum atomic E-state index is 0. The minimum absolute atomic E-state index is 0. The lowest BCUT2D eigenvalue weighted by atomic mass is 9.99. The van der Waals surface area contributed by atoms with Crippen LogP contribution in [0, 0.1) is 19.8 Å². The summed E-state index contributed by atoms with van der Waals surface area (Å²) in [4.78, 5) is 11.8. The van der Waals surface area contributed by atoms with Gasteiger partial charge in [0.15, 0.2) is 5.96 Å². The molecule has 0 atom stereocenters. The van der Waals surface area contributed by atoms with Crippen LogP contribution < -0.4 is 15.5 Å². The van der Waals surface area contributed by atoms with E-state index in [1.807, 2.05) is 24.9 Å². The molecular formula is C22H36IN7. The zero-order valence-corrected chi connectivity index (χ0v) is 21.2. The van der Waals surface area contributed by atoms with Crippen molar-refractivity contribution in [3.05, 3.63) is 40.8 Å². The number of nitrogens with one attached hydrogen (secondary N) is 2. The summed E-state index contributed by atoms with van der Waals surface area (Å²) in [7, 11) is 1.98. The van der Waals surface area contributed by atoms with Crippen LogP contribution >= 0.6 is 24.0 Å². The average Bonchev–Trinajstić information content (AvgIpc) is 2.96. The Kier molecular flexibility index (Phi) is 9.38. The second kappa shape index (κ2) is 11.5. The maximum atomic E-state index is 4.73. The maximum absolute atomic E-state index is 4.73. The fourth-order valence-corrected chi connectivity index (χ4v) is 3.69. The Hall–Kier alpha value is -1.84. The first kappa shape index (κ1) is 24.4. The molecule has 166 valence electrons. The summed E-state index contributed by atoms with van der Waals surface area (Å²) in [5, 5.41) is 11.2. The highest BCUT2D eigenvalue weighted by Crippen LogP contribution is 2.21. The molecule has 1 aliphatic heterocycles. The van der Waals surface area contributed by atoms with Gasteiger partial charge in [0.1, 0.15) is 5.82 Å². The summed E-state index contributed by atoms with van der Waals surface area (Å²) in [6, 6.07) is 4.27. The van der Waals surface area contributed by atoms with Crippen LogP contribution in [0.1, 0.15) is 49.2 Å². The Bertz CT molecular complexity index is 821. The molecule has 2 aromatic rings. The summed E-state index contributed by atoms with van der Waals surface area (Å²) in [5.41, 5.74) is 4.57. The molecule has 0 spiro atoms. The fraction of sp³-hybridized carbons (Fsp3) is 0.591. The van der Waals surface area contributed by atoms with Gasteiger partial charge in [-0.2, -0.15) is 5.10 Å². The minimum Gasteiger partial charge on any atom is -0.357 e. The Balaban J connectivity index is 0.00000320. The van der Waals surface area contributed by atoms with E-state index in [1.54, 1.807) is 0 Å². The third kappa shape index (κ3) is 6.33. The van der Waals surface area contributed by atoms with E-state index in [2.05, 4.69) is 58.5 Å². The fourth-order valence-electron chi connectivity index (χ4n) is 3.69. The Morgan fingerprint density at radius 2 is 1.93 bits per heavy atom. The predicted molar refractivity (Wildman–Crippen MR) is 135 cm³/mol. The quantitative estimate of drug-likeness (QED) is 0.343. The highest BCUT2D eigenvalue weighted by Gasteiger charge is 2.16. The third-order valence-corrected chi connectivity index (χ3v) is 5.77. The zero-order chi connectivity index (χ0) is 20.8. The average molecular weight is 525 g/mol. The molecule has 30 heavy (non-hydrogen) atoms. The van der Waals surface area contributed by atoms with Crippen molar-refractivity contribution in [2.75, 3.05) is 24.5 Å². The van der Waals surface area contributed by atoms with Crippen molar-refractivity contribution in [3.63, 3.8) is 0 Å². The first-order valence-electron chi connectivity index (χ1n) is 10.7. The molecule has 0 bridgehead atoms. The molecule has 1 fully saturated rings. The molecule has 3 heterocycles. The normalized spacial score (nSPS) is 15.1. The van der Waals surface area contributed by atoms with E-state index < -0.39 is 0 Å². The van der Waals surface area contributed by atoms with Gasteiger partial charge in [0.2, 0.25) is 0 Å². The van der Waals surface area contributed by atoms with Crippen LogP contribution in [0.4, 0.5) is 5.82 Å². The number of hydrogen-bond donors (Lipinski definition) is 2. The van der Waals surface area contributed by atoms with E-state index in [4.69, 9.17) is 4.99 Å². The number of anilines is 1. The van der Waals surface area contributed by atoms with E-state index in [0.29, 0.717) is 13.1 Å². The Morgan fingerprint density at radius 3 is 2.50 bits per heavy atom. The molecule has 1 aliphatic rings. The standard InChI is InChI=1S/C22H35N7.HI/c1-6-23-22(26-15-20-17(3)27-28(5)18(20)4)25-14-19-7-8-21(24-13-19)29-11-9-16(2)10-12-29;/h7-8,13,16H,6,9-12,14-15H2,1-5H3,(H2,23,25,26);1H. The molecule has 8 heteroatoms. The van der Waals surface area contributed by atoms with Crippen molar-refractivity contribution in [2.24, 2.45) is 18.0 Å². The van der Waals surface area contributed by atoms with Crippen molar-refractivity contribution < 1.29 is 0 Å². The van der Waals surface area contributed by atoms with Gasteiger partial charge in [0, 0.05) is 50.7 Å². The number of piperidine rings is 1. The molecule has 3 rings (SSSR count). The van der Waals surface area contributed by atoms with Gasteiger partial charge in [-0.3, -0.25) is 4.68 Å². The largest absolute Gasteiger partial charge is 0.357 e. The molecule has 2 aromatic heterocycles. The van der Waals surface area contributed by atoms with Crippen LogP contribution in [0.3, 0.4) is 0 Å². The maximum Gasteiger partial charge on any atom is 0.191 e. The van der Waals surface area contributed by atoms with Crippen LogP contribution in [0.2, 0.25) is 0 Å². The first-order chi connectivity index (χ1) is 14.0. The first-order valence-corrected chi connectivity index (χ1v) is 10.7. The molecule has 1 saturated heterocycles. The lowest BCUT2D eigenvalue weighted by Gasteiger charge is -2.31. The van der Waals surface area contributed by atoms with E-state index >= 15 is 0 Å². The number of pyridine rings is 1. The van der Waals surface area contributed by atoms with Gasteiger partial charge in [-0.25, -0.2) is 9.98 Å². The number of nitrogens with zero attached hydrogens (tertiary/aromatic N) is 5. The number of guanidine groups is 1. The smallest absolute Gasteiger partial charge is 0.191 e. The highest BCUT2D eigenvalue weighted by atomic mass is 127. The monoisotopic (exact) mass is 525 g/mol. The van der Waals surface area contributed by atoms with Crippen molar-refractivity contribution >= 4 is 35.8 Å². The van der Waals surface area contributed by atoms with Crippen molar-refractivity contribution in [1.82, 2.24) is 25.4 Å². The molecule has 0 amide bonds. The summed E-state index contributed by atoms with van der Waals surface area (Å²) in [6.45, 7) is 12.9. The number of rotatable bonds is 6. The predicted octanol–water partition coefficient (Wildman–Crippen LogP) is 3.54. The summed E-state index contributed by atoms with van der Waals surface area (Å²) in [6.07, 6.45) is 4.46. The Morgan fingerprint density at radius 1 is 1.20 bits per heavy atom. The molecular weight excluding hydrogens is 489 g/mol. The topological polar surface area (TPSA) is 70.4 Å². The van der Waals surface area contributed by atoms with Crippen LogP contribution in [-0.2, 0) is 20.1 Å². The second-order valence-electron chi connectivity index (χ2n) is 8.02. The van der Waals surface area contributed by atoms with Gasteiger partial charge in [0.25, 0.3) is 0 Å². The summed E-state index contributed by atoms with van der Waals surface area (Å²) < 4.78 is 1.92. The highest BCUT2D eigenvalue weighted by molar-refractivity contribution is 14.0. The molecule has 0 unspecified atom stereocenters. The van der Waals surface area contributed by atoms with Gasteiger partial charge in [-0.05, 0) is 51.2 Å². The van der Waals surface area contributed by atoms with E-state index in [9.17, 15) is 0 Å². The summed E-state index contributed by atoms with van der Waals surface area (Å²) >= 11 is 0. The molecule has 0 saturated carbocycles. The van der Waals surface area contributed by atoms with E-state index in [-0.39, 0.29) is 24.0 Å². The van der Waals surface area contributed by atoms with Gasteiger partial charge in [-0.15, -0.1) is 24.0 Å². The molecule has 0 aromatic carbocycles. The van der Waals surface area contributed by atoms with Gasteiger partial charge in [-0.1, -0.05) is 13.0 Å². The zero-order valence-electron chi connectivity index (χ0n) is 18.9. The van der Waals surface area contributed by atoms with Gasteiger partial charge >= 0.3 is 0 Å². The molecule has 7 nitrogen and oxygen atoms in total. The van der Waals surface area contributed by atoms with Crippen LogP contribution in [0.5, 0.6) is 0 Å². The SMILES string of the molecule is CCNC(=NCc1ccc(N2CCC(C)CC2)nc1)NCc1c(C)nn(C)c1C.I. The Labute approximate surface area is 197 Å². The lowest BCUT2D eigenvalue weighted by Crippen LogP contribution is -2.37. The number of hydrogen-bond acceptors (Lipinski definition) is 4. The number of halogens is 1. The third-order valence-electron chi connectivity index (χ3n) is 5.77. The lowest BCUT2D eigenvalue weighted by molar-refractivity contribution is 0.436. The number of aryl methyl sites for hydroxylation is 2. The van der Waals surface area contributed by atoms with Gasteiger partial charge in [0.05, 0.1) is 12.2 Å². The number of aromatic nitrogens is 3. The van der Waals surface area contributed by atoms with Crippen molar-refractivity contribution in [2.45, 2.75) is 53.6 Å². The number of aliphatic imine (C=N–C) groups is 1. The summed E-state index contributed by atoms with van der Waals surface area (Å²) in [5.74, 6) is 2.72. The van der Waals surface area contributed by atoms with Crippen molar-refractivity contribution in [3.8, 4) is 0 Å². The second-order valence-corrected chi connectivity index (χ2v) is 8.02. The molecule has 0 radical (unpaired) electrons. The van der Waals surface area contributed by atoms with Crippen LogP contribution in [-0.4, -0.2) is 40.4 Å². The van der Waals surface area contributed by atoms with Gasteiger partial charge < -0.3 is 15.5 Å². The van der Waals surface area contributed by atoms with Crippen LogP contribution in [0.25, 0.3) is 0 Å². The van der Waals surface area contributed by atoms with Crippen LogP contribution in [0.15, 0.2) is 23.3 Å².